The van der Waals surface area contributed by atoms with Crippen molar-refractivity contribution in [3.63, 3.8) is 0 Å². The summed E-state index contributed by atoms with van der Waals surface area (Å²) in [6.45, 7) is 4.03. The van der Waals surface area contributed by atoms with Crippen LogP contribution in [0.4, 0.5) is 0 Å². The average Bonchev–Trinajstić information content (AvgIpc) is 3.27. The van der Waals surface area contributed by atoms with Crippen LogP contribution in [-0.2, 0) is 0 Å². The lowest BCUT2D eigenvalue weighted by Gasteiger charge is -2.25. The number of hydrogen-bond donors (Lipinski definition) is 2. The van der Waals surface area contributed by atoms with Crippen LogP contribution in [0.5, 0.6) is 17.5 Å². The van der Waals surface area contributed by atoms with Crippen molar-refractivity contribution >= 4 is 0 Å². The number of phenolic OH excluding ortho intramolecular Hbond substituents is 1. The van der Waals surface area contributed by atoms with Gasteiger partial charge in [-0.3, -0.25) is 0 Å². The van der Waals surface area contributed by atoms with E-state index in [1.807, 2.05) is 12.4 Å². The molecule has 0 bridgehead atoms. The number of imidazole rings is 1. The predicted molar refractivity (Wildman–Crippen MR) is 123 cm³/mol. The molecule has 3 heterocycles. The summed E-state index contributed by atoms with van der Waals surface area (Å²) in [5.41, 5.74) is 4.81. The minimum Gasteiger partial charge on any atom is -0.504 e. The van der Waals surface area contributed by atoms with Crippen LogP contribution in [0, 0.1) is 6.92 Å². The molecular weight excluding hydrogens is 402 g/mol. The number of aryl methyl sites for hydroxylation is 1. The molecular formula is C25H25N5O2. The van der Waals surface area contributed by atoms with E-state index in [4.69, 9.17) is 9.72 Å². The first kappa shape index (κ1) is 20.2. The maximum atomic E-state index is 10.1. The first-order chi connectivity index (χ1) is 15.7. The Morgan fingerprint density at radius 2 is 1.78 bits per heavy atom. The molecule has 7 heteroatoms. The highest BCUT2D eigenvalue weighted by molar-refractivity contribution is 5.77. The Morgan fingerprint density at radius 3 is 2.56 bits per heavy atom. The number of nitrogens with zero attached hydrogens (tertiary/aromatic N) is 4. The SMILES string of the molecule is Cc1ccc(-c2ncn(C3CCNCC3)c2-c2ccnc(Oc3ccccc3O)n2)cc1. The molecule has 0 atom stereocenters. The Balaban J connectivity index is 1.58. The molecule has 1 fully saturated rings. The fraction of sp³-hybridized carbons (Fsp3) is 0.240. The van der Waals surface area contributed by atoms with Gasteiger partial charge < -0.3 is 19.7 Å². The summed E-state index contributed by atoms with van der Waals surface area (Å²) in [5.74, 6) is 0.358. The number of nitrogens with one attached hydrogen (secondary N) is 1. The molecule has 0 saturated carbocycles. The second-order valence-electron chi connectivity index (χ2n) is 7.99. The molecule has 0 spiro atoms. The quantitative estimate of drug-likeness (QED) is 0.479. The second kappa shape index (κ2) is 8.80. The Morgan fingerprint density at radius 1 is 1.00 bits per heavy atom. The predicted octanol–water partition coefficient (Wildman–Crippen LogP) is 4.74. The molecule has 2 aromatic heterocycles. The number of benzene rings is 2. The summed E-state index contributed by atoms with van der Waals surface area (Å²) in [6, 6.07) is 17.6. The van der Waals surface area contributed by atoms with Crippen LogP contribution in [0.15, 0.2) is 67.1 Å². The maximum absolute atomic E-state index is 10.1. The van der Waals surface area contributed by atoms with E-state index in [0.29, 0.717) is 11.8 Å². The topological polar surface area (TPSA) is 85.1 Å². The third-order valence-electron chi connectivity index (χ3n) is 5.76. The monoisotopic (exact) mass is 427 g/mol. The van der Waals surface area contributed by atoms with Crippen molar-refractivity contribution in [2.45, 2.75) is 25.8 Å². The third kappa shape index (κ3) is 4.07. The smallest absolute Gasteiger partial charge is 0.322 e. The van der Waals surface area contributed by atoms with E-state index in [9.17, 15) is 5.11 Å². The number of piperidine rings is 1. The van der Waals surface area contributed by atoms with Gasteiger partial charge in [-0.1, -0.05) is 42.0 Å². The number of para-hydroxylation sites is 2. The fourth-order valence-electron chi connectivity index (χ4n) is 4.06. The van der Waals surface area contributed by atoms with E-state index in [2.05, 4.69) is 51.0 Å². The van der Waals surface area contributed by atoms with E-state index in [-0.39, 0.29) is 11.8 Å². The fourth-order valence-corrected chi connectivity index (χ4v) is 4.06. The van der Waals surface area contributed by atoms with Crippen molar-refractivity contribution in [3.05, 3.63) is 72.7 Å². The van der Waals surface area contributed by atoms with Gasteiger partial charge in [-0.25, -0.2) is 9.97 Å². The summed E-state index contributed by atoms with van der Waals surface area (Å²) in [5, 5.41) is 13.5. The van der Waals surface area contributed by atoms with Crippen LogP contribution in [0.25, 0.3) is 22.6 Å². The summed E-state index contributed by atoms with van der Waals surface area (Å²) in [6.07, 6.45) is 5.66. The molecule has 1 aliphatic heterocycles. The second-order valence-corrected chi connectivity index (χ2v) is 7.99. The van der Waals surface area contributed by atoms with Gasteiger partial charge in [0.25, 0.3) is 0 Å². The molecule has 2 N–H and O–H groups in total. The molecule has 0 amide bonds. The van der Waals surface area contributed by atoms with Gasteiger partial charge in [0.05, 0.1) is 23.4 Å². The van der Waals surface area contributed by atoms with Crippen LogP contribution in [0.3, 0.4) is 0 Å². The van der Waals surface area contributed by atoms with Gasteiger partial charge in [0.1, 0.15) is 0 Å². The van der Waals surface area contributed by atoms with Gasteiger partial charge in [0.15, 0.2) is 11.5 Å². The highest BCUT2D eigenvalue weighted by atomic mass is 16.5. The summed E-state index contributed by atoms with van der Waals surface area (Å²) < 4.78 is 8.02. The summed E-state index contributed by atoms with van der Waals surface area (Å²) >= 11 is 0. The zero-order valence-electron chi connectivity index (χ0n) is 17.9. The van der Waals surface area contributed by atoms with Crippen molar-refractivity contribution in [2.24, 2.45) is 0 Å². The van der Waals surface area contributed by atoms with Gasteiger partial charge in [0, 0.05) is 17.8 Å². The standard InChI is InChI=1S/C25H25N5O2/c1-17-6-8-18(9-7-17)23-24(30(16-28-23)19-10-13-26-14-11-19)20-12-15-27-25(29-20)32-22-5-3-2-4-21(22)31/h2-9,12,15-16,19,26,31H,10-11,13-14H2,1H3. The van der Waals surface area contributed by atoms with Gasteiger partial charge >= 0.3 is 6.01 Å². The van der Waals surface area contributed by atoms with E-state index in [1.165, 1.54) is 5.56 Å². The van der Waals surface area contributed by atoms with Crippen LogP contribution in [0.2, 0.25) is 0 Å². The summed E-state index contributed by atoms with van der Waals surface area (Å²) in [4.78, 5) is 13.7. The lowest BCUT2D eigenvalue weighted by molar-refractivity contribution is 0.369. The number of aromatic nitrogens is 4. The van der Waals surface area contributed by atoms with Crippen molar-refractivity contribution in [2.75, 3.05) is 13.1 Å². The van der Waals surface area contributed by atoms with Crippen molar-refractivity contribution in [1.29, 1.82) is 0 Å². The molecule has 0 radical (unpaired) electrons. The van der Waals surface area contributed by atoms with E-state index >= 15 is 0 Å². The van der Waals surface area contributed by atoms with E-state index in [1.54, 1.807) is 30.5 Å². The first-order valence-electron chi connectivity index (χ1n) is 10.8. The lowest BCUT2D eigenvalue weighted by Crippen LogP contribution is -2.29. The molecule has 162 valence electrons. The minimum atomic E-state index is 0.0431. The molecule has 5 rings (SSSR count). The van der Waals surface area contributed by atoms with Gasteiger partial charge in [-0.15, -0.1) is 0 Å². The van der Waals surface area contributed by atoms with Crippen LogP contribution in [0.1, 0.15) is 24.4 Å². The molecule has 0 aliphatic carbocycles. The Bertz CT molecular complexity index is 1210. The Kier molecular flexibility index (Phi) is 5.56. The highest BCUT2D eigenvalue weighted by Crippen LogP contribution is 2.36. The Hall–Kier alpha value is -3.71. The van der Waals surface area contributed by atoms with Crippen LogP contribution < -0.4 is 10.1 Å². The molecule has 7 nitrogen and oxygen atoms in total. The number of ether oxygens (including phenoxy) is 1. The summed E-state index contributed by atoms with van der Waals surface area (Å²) in [7, 11) is 0. The van der Waals surface area contributed by atoms with E-state index in [0.717, 1.165) is 48.6 Å². The molecule has 2 aromatic carbocycles. The third-order valence-corrected chi connectivity index (χ3v) is 5.76. The normalized spacial score (nSPS) is 14.4. The zero-order chi connectivity index (χ0) is 21.9. The highest BCUT2D eigenvalue weighted by Gasteiger charge is 2.23. The first-order valence-corrected chi connectivity index (χ1v) is 10.8. The molecule has 32 heavy (non-hydrogen) atoms. The lowest BCUT2D eigenvalue weighted by atomic mass is 10.0. The van der Waals surface area contributed by atoms with Crippen molar-refractivity contribution in [3.8, 4) is 40.2 Å². The van der Waals surface area contributed by atoms with Gasteiger partial charge in [-0.2, -0.15) is 4.98 Å². The number of aromatic hydroxyl groups is 1. The molecule has 1 aliphatic rings. The van der Waals surface area contributed by atoms with Crippen LogP contribution in [-0.4, -0.2) is 37.7 Å². The number of phenols is 1. The van der Waals surface area contributed by atoms with Crippen molar-refractivity contribution in [1.82, 2.24) is 24.8 Å². The van der Waals surface area contributed by atoms with Gasteiger partial charge in [-0.05, 0) is 51.1 Å². The average molecular weight is 428 g/mol. The van der Waals surface area contributed by atoms with E-state index < -0.39 is 0 Å². The molecule has 4 aromatic rings. The largest absolute Gasteiger partial charge is 0.504 e. The van der Waals surface area contributed by atoms with Gasteiger partial charge in [0.2, 0.25) is 0 Å². The Labute approximate surface area is 186 Å². The maximum Gasteiger partial charge on any atom is 0.322 e. The van der Waals surface area contributed by atoms with Crippen LogP contribution >= 0.6 is 0 Å². The zero-order valence-corrected chi connectivity index (χ0v) is 17.9. The number of rotatable bonds is 5. The van der Waals surface area contributed by atoms with Crippen molar-refractivity contribution < 1.29 is 9.84 Å². The number of hydrogen-bond acceptors (Lipinski definition) is 6. The minimum absolute atomic E-state index is 0.0431. The molecule has 0 unspecified atom stereocenters. The molecule has 1 saturated heterocycles.